The van der Waals surface area contributed by atoms with Crippen LogP contribution in [0.3, 0.4) is 0 Å². The molecule has 2 heterocycles. The van der Waals surface area contributed by atoms with Crippen molar-refractivity contribution in [2.75, 3.05) is 5.32 Å². The summed E-state index contributed by atoms with van der Waals surface area (Å²) in [6.07, 6.45) is 0. The largest absolute Gasteiger partial charge is 0.436 e. The molecule has 0 radical (unpaired) electrons. The number of fused-ring (bicyclic) bond motifs is 2. The first kappa shape index (κ1) is 19.5. The smallest absolute Gasteiger partial charge is 0.328 e. The van der Waals surface area contributed by atoms with Crippen LogP contribution in [-0.4, -0.2) is 20.4 Å². The average molecular weight is 426 g/mol. The third kappa shape index (κ3) is 3.37. The Morgan fingerprint density at radius 2 is 1.84 bits per heavy atom. The summed E-state index contributed by atoms with van der Waals surface area (Å²) in [6, 6.07) is 19.3. The molecule has 0 bridgehead atoms. The highest BCUT2D eigenvalue weighted by Crippen LogP contribution is 2.25. The van der Waals surface area contributed by atoms with Gasteiger partial charge in [-0.1, -0.05) is 12.1 Å². The van der Waals surface area contributed by atoms with Crippen molar-refractivity contribution in [1.82, 2.24) is 14.5 Å². The molecule has 0 aliphatic rings. The van der Waals surface area contributed by atoms with Crippen molar-refractivity contribution >= 4 is 33.6 Å². The van der Waals surface area contributed by atoms with Crippen LogP contribution < -0.4 is 16.6 Å². The third-order valence-corrected chi connectivity index (χ3v) is 5.24. The standard InChI is InChI=1S/C24H18N4O4/c1-2-28-23(30)17-12-9-15(13-19(17)27-24(28)31)21(29)25-16-10-7-14(8-11-16)22-26-18-5-3-4-6-20(18)32-22/h3-13H,2H2,1H3,(H,25,29)(H,27,31). The van der Waals surface area contributed by atoms with Crippen molar-refractivity contribution in [1.29, 1.82) is 0 Å². The lowest BCUT2D eigenvalue weighted by molar-refractivity contribution is 0.102. The van der Waals surface area contributed by atoms with Gasteiger partial charge in [0.2, 0.25) is 5.89 Å². The van der Waals surface area contributed by atoms with Crippen LogP contribution in [0.25, 0.3) is 33.5 Å². The molecular formula is C24H18N4O4. The zero-order valence-corrected chi connectivity index (χ0v) is 17.1. The Bertz CT molecular complexity index is 1560. The van der Waals surface area contributed by atoms with Crippen LogP contribution in [0.4, 0.5) is 5.69 Å². The SMILES string of the molecule is CCn1c(=O)[nH]c2cc(C(=O)Nc3ccc(-c4nc5ccccc5o4)cc3)ccc2c1=O. The highest BCUT2D eigenvalue weighted by Gasteiger charge is 2.12. The Kier molecular flexibility index (Phi) is 4.67. The number of aromatic amines is 1. The third-order valence-electron chi connectivity index (χ3n) is 5.24. The van der Waals surface area contributed by atoms with E-state index in [1.807, 2.05) is 36.4 Å². The summed E-state index contributed by atoms with van der Waals surface area (Å²) < 4.78 is 6.88. The molecule has 5 rings (SSSR count). The summed E-state index contributed by atoms with van der Waals surface area (Å²) in [7, 11) is 0. The minimum Gasteiger partial charge on any atom is -0.436 e. The summed E-state index contributed by atoms with van der Waals surface area (Å²) in [5.41, 5.74) is 2.62. The van der Waals surface area contributed by atoms with Crippen molar-refractivity contribution in [3.63, 3.8) is 0 Å². The van der Waals surface area contributed by atoms with E-state index in [2.05, 4.69) is 15.3 Å². The fraction of sp³-hybridized carbons (Fsp3) is 0.0833. The molecule has 0 unspecified atom stereocenters. The van der Waals surface area contributed by atoms with E-state index in [9.17, 15) is 14.4 Å². The van der Waals surface area contributed by atoms with Crippen molar-refractivity contribution in [3.8, 4) is 11.5 Å². The molecule has 5 aromatic rings. The maximum absolute atomic E-state index is 12.7. The van der Waals surface area contributed by atoms with Gasteiger partial charge in [-0.2, -0.15) is 0 Å². The number of hydrogen-bond donors (Lipinski definition) is 2. The summed E-state index contributed by atoms with van der Waals surface area (Å²) >= 11 is 0. The molecular weight excluding hydrogens is 408 g/mol. The Balaban J connectivity index is 1.39. The van der Waals surface area contributed by atoms with Gasteiger partial charge in [0.25, 0.3) is 11.5 Å². The summed E-state index contributed by atoms with van der Waals surface area (Å²) in [5, 5.41) is 3.17. The first-order chi connectivity index (χ1) is 15.5. The van der Waals surface area contributed by atoms with E-state index in [-0.39, 0.29) is 18.0 Å². The molecule has 32 heavy (non-hydrogen) atoms. The number of H-pyrrole nitrogens is 1. The van der Waals surface area contributed by atoms with Gasteiger partial charge in [-0.25, -0.2) is 9.78 Å². The Morgan fingerprint density at radius 3 is 2.59 bits per heavy atom. The van der Waals surface area contributed by atoms with Gasteiger partial charge < -0.3 is 14.7 Å². The van der Waals surface area contributed by atoms with E-state index in [0.717, 1.165) is 15.6 Å². The lowest BCUT2D eigenvalue weighted by atomic mass is 10.1. The van der Waals surface area contributed by atoms with Crippen molar-refractivity contribution in [3.05, 3.63) is 93.1 Å². The summed E-state index contributed by atoms with van der Waals surface area (Å²) in [5.74, 6) is 0.141. The minimum absolute atomic E-state index is 0.270. The van der Waals surface area contributed by atoms with Gasteiger partial charge in [-0.3, -0.25) is 14.2 Å². The number of benzene rings is 3. The zero-order chi connectivity index (χ0) is 22.2. The Hall–Kier alpha value is -4.46. The number of anilines is 1. The Morgan fingerprint density at radius 1 is 1.06 bits per heavy atom. The van der Waals surface area contributed by atoms with Gasteiger partial charge in [0.1, 0.15) is 5.52 Å². The van der Waals surface area contributed by atoms with Gasteiger partial charge in [-0.05, 0) is 61.5 Å². The van der Waals surface area contributed by atoms with Gasteiger partial charge in [0.05, 0.1) is 10.9 Å². The lowest BCUT2D eigenvalue weighted by Gasteiger charge is -2.08. The normalized spacial score (nSPS) is 11.2. The number of rotatable bonds is 4. The van der Waals surface area contributed by atoms with Crippen LogP contribution in [0.1, 0.15) is 17.3 Å². The minimum atomic E-state index is -0.502. The van der Waals surface area contributed by atoms with Crippen LogP contribution in [0.5, 0.6) is 0 Å². The molecule has 0 atom stereocenters. The number of nitrogens with one attached hydrogen (secondary N) is 2. The highest BCUT2D eigenvalue weighted by molar-refractivity contribution is 6.06. The molecule has 8 nitrogen and oxygen atoms in total. The van der Waals surface area contributed by atoms with E-state index in [1.165, 1.54) is 6.07 Å². The zero-order valence-electron chi connectivity index (χ0n) is 17.1. The van der Waals surface area contributed by atoms with Crippen molar-refractivity contribution in [2.24, 2.45) is 0 Å². The topological polar surface area (TPSA) is 110 Å². The van der Waals surface area contributed by atoms with Crippen molar-refractivity contribution in [2.45, 2.75) is 13.5 Å². The predicted molar refractivity (Wildman–Crippen MR) is 122 cm³/mol. The highest BCUT2D eigenvalue weighted by atomic mass is 16.3. The summed E-state index contributed by atoms with van der Waals surface area (Å²) in [4.78, 5) is 44.3. The first-order valence-corrected chi connectivity index (χ1v) is 10.1. The molecule has 0 fully saturated rings. The second kappa shape index (κ2) is 7.66. The molecule has 0 saturated heterocycles. The molecule has 3 aromatic carbocycles. The lowest BCUT2D eigenvalue weighted by Crippen LogP contribution is -2.34. The van der Waals surface area contributed by atoms with Crippen LogP contribution in [-0.2, 0) is 6.54 Å². The molecule has 0 spiro atoms. The maximum Gasteiger partial charge on any atom is 0.328 e. The van der Waals surface area contributed by atoms with Gasteiger partial charge in [-0.15, -0.1) is 0 Å². The van der Waals surface area contributed by atoms with E-state index < -0.39 is 5.69 Å². The van der Waals surface area contributed by atoms with Crippen molar-refractivity contribution < 1.29 is 9.21 Å². The van der Waals surface area contributed by atoms with Crippen LogP contribution in [0.15, 0.2) is 80.7 Å². The molecule has 0 saturated carbocycles. The number of carbonyl (C=O) groups is 1. The number of carbonyl (C=O) groups excluding carboxylic acids is 1. The number of amides is 1. The Labute approximate surface area is 181 Å². The number of aromatic nitrogens is 3. The number of nitrogens with zero attached hydrogens (tertiary/aromatic N) is 2. The van der Waals surface area contributed by atoms with Gasteiger partial charge in [0, 0.05) is 23.4 Å². The average Bonchev–Trinajstić information content (AvgIpc) is 3.24. The van der Waals surface area contributed by atoms with Crippen LogP contribution in [0, 0.1) is 0 Å². The molecule has 8 heteroatoms. The molecule has 2 N–H and O–H groups in total. The first-order valence-electron chi connectivity index (χ1n) is 10.1. The van der Waals surface area contributed by atoms with Gasteiger partial charge >= 0.3 is 5.69 Å². The molecule has 158 valence electrons. The van der Waals surface area contributed by atoms with E-state index in [0.29, 0.717) is 33.6 Å². The fourth-order valence-corrected chi connectivity index (χ4v) is 3.58. The van der Waals surface area contributed by atoms with Crippen LogP contribution in [0.2, 0.25) is 0 Å². The number of hydrogen-bond acceptors (Lipinski definition) is 5. The molecule has 1 amide bonds. The maximum atomic E-state index is 12.7. The molecule has 0 aliphatic heterocycles. The molecule has 0 aliphatic carbocycles. The van der Waals surface area contributed by atoms with E-state index in [1.54, 1.807) is 31.2 Å². The summed E-state index contributed by atoms with van der Waals surface area (Å²) in [6.45, 7) is 1.99. The number of para-hydroxylation sites is 2. The monoisotopic (exact) mass is 426 g/mol. The number of oxazole rings is 1. The van der Waals surface area contributed by atoms with Gasteiger partial charge in [0.15, 0.2) is 5.58 Å². The van der Waals surface area contributed by atoms with Crippen LogP contribution >= 0.6 is 0 Å². The van der Waals surface area contributed by atoms with E-state index in [4.69, 9.17) is 4.42 Å². The second-order valence-electron chi connectivity index (χ2n) is 7.26. The van der Waals surface area contributed by atoms with E-state index >= 15 is 0 Å². The molecule has 2 aromatic heterocycles. The fourth-order valence-electron chi connectivity index (χ4n) is 3.58. The second-order valence-corrected chi connectivity index (χ2v) is 7.26. The quantitative estimate of drug-likeness (QED) is 0.455. The predicted octanol–water partition coefficient (Wildman–Crippen LogP) is 3.77.